The number of hydrogen-bond donors (Lipinski definition) is 1. The van der Waals surface area contributed by atoms with Crippen LogP contribution in [0, 0.1) is 5.92 Å². The second-order valence-corrected chi connectivity index (χ2v) is 6.50. The normalized spacial score (nSPS) is 33.0. The zero-order valence-electron chi connectivity index (χ0n) is 12.1. The van der Waals surface area contributed by atoms with Crippen molar-refractivity contribution in [1.29, 1.82) is 0 Å². The van der Waals surface area contributed by atoms with Gasteiger partial charge in [0.2, 0.25) is 0 Å². The molecule has 2 rings (SSSR count). The fraction of sp³-hybridized carbons (Fsp3) is 1.00. The summed E-state index contributed by atoms with van der Waals surface area (Å²) in [5.41, 5.74) is 6.14. The van der Waals surface area contributed by atoms with Crippen molar-refractivity contribution in [2.24, 2.45) is 11.7 Å². The molecule has 3 heteroatoms. The summed E-state index contributed by atoms with van der Waals surface area (Å²) in [7, 11) is 0. The van der Waals surface area contributed by atoms with Crippen LogP contribution in [0.2, 0.25) is 0 Å². The molecule has 18 heavy (non-hydrogen) atoms. The summed E-state index contributed by atoms with van der Waals surface area (Å²) < 4.78 is 5.77. The maximum Gasteiger partial charge on any atom is 0.0593 e. The van der Waals surface area contributed by atoms with E-state index in [1.807, 2.05) is 0 Å². The molecule has 0 spiro atoms. The van der Waals surface area contributed by atoms with Crippen molar-refractivity contribution in [3.05, 3.63) is 0 Å². The second-order valence-electron chi connectivity index (χ2n) is 6.50. The highest BCUT2D eigenvalue weighted by atomic mass is 16.5. The van der Waals surface area contributed by atoms with E-state index in [4.69, 9.17) is 10.5 Å². The fourth-order valence-electron chi connectivity index (χ4n) is 3.48. The third-order valence-electron chi connectivity index (χ3n) is 4.50. The number of piperidine rings is 2. The molecule has 0 aliphatic carbocycles. The van der Waals surface area contributed by atoms with Crippen molar-refractivity contribution in [3.8, 4) is 0 Å². The van der Waals surface area contributed by atoms with E-state index < -0.39 is 0 Å². The van der Waals surface area contributed by atoms with Gasteiger partial charge < -0.3 is 10.5 Å². The number of rotatable bonds is 6. The minimum absolute atomic E-state index is 0.443. The molecule has 0 aromatic rings. The van der Waals surface area contributed by atoms with Gasteiger partial charge in [-0.1, -0.05) is 20.3 Å². The van der Waals surface area contributed by atoms with Crippen LogP contribution in [0.3, 0.4) is 0 Å². The molecule has 2 atom stereocenters. The molecule has 106 valence electrons. The Bertz CT molecular complexity index is 231. The highest BCUT2D eigenvalue weighted by molar-refractivity contribution is 4.93. The predicted molar refractivity (Wildman–Crippen MR) is 75.6 cm³/mol. The summed E-state index contributed by atoms with van der Waals surface area (Å²) >= 11 is 0. The minimum Gasteiger partial charge on any atom is -0.380 e. The first-order chi connectivity index (χ1) is 8.66. The molecule has 2 N–H and O–H groups in total. The third-order valence-corrected chi connectivity index (χ3v) is 4.50. The van der Waals surface area contributed by atoms with Crippen molar-refractivity contribution < 1.29 is 4.74 Å². The Labute approximate surface area is 112 Å². The summed E-state index contributed by atoms with van der Waals surface area (Å²) in [5.74, 6) is 0.748. The standard InChI is InChI=1S/C15H30N2O/c1-12(2)6-8-18-9-7-17-14-4-3-5-15(17)11-13(16)10-14/h12-15H,3-11,16H2,1-2H3. The molecule has 2 heterocycles. The van der Waals surface area contributed by atoms with Gasteiger partial charge in [-0.2, -0.15) is 0 Å². The molecule has 2 aliphatic heterocycles. The van der Waals surface area contributed by atoms with Crippen LogP contribution in [0.15, 0.2) is 0 Å². The van der Waals surface area contributed by atoms with Gasteiger partial charge in [0, 0.05) is 31.3 Å². The molecular weight excluding hydrogens is 224 g/mol. The van der Waals surface area contributed by atoms with Crippen molar-refractivity contribution in [2.45, 2.75) is 70.5 Å². The van der Waals surface area contributed by atoms with Gasteiger partial charge >= 0.3 is 0 Å². The first kappa shape index (κ1) is 14.3. The van der Waals surface area contributed by atoms with Crippen LogP contribution in [0.1, 0.15) is 52.4 Å². The molecule has 2 saturated heterocycles. The SMILES string of the molecule is CC(C)CCOCCN1C2CCCC1CC(N)C2. The van der Waals surface area contributed by atoms with Crippen molar-refractivity contribution in [2.75, 3.05) is 19.8 Å². The quantitative estimate of drug-likeness (QED) is 0.740. The molecule has 2 unspecified atom stereocenters. The average Bonchev–Trinajstić information content (AvgIpc) is 2.28. The summed E-state index contributed by atoms with van der Waals surface area (Å²) in [6.45, 7) is 7.43. The van der Waals surface area contributed by atoms with Gasteiger partial charge in [0.1, 0.15) is 0 Å². The lowest BCUT2D eigenvalue weighted by atomic mass is 9.82. The van der Waals surface area contributed by atoms with Crippen LogP contribution >= 0.6 is 0 Å². The van der Waals surface area contributed by atoms with Gasteiger partial charge in [0.25, 0.3) is 0 Å². The van der Waals surface area contributed by atoms with Crippen molar-refractivity contribution >= 4 is 0 Å². The number of nitrogens with two attached hydrogens (primary N) is 1. The zero-order valence-corrected chi connectivity index (χ0v) is 12.1. The average molecular weight is 254 g/mol. The molecular formula is C15H30N2O. The van der Waals surface area contributed by atoms with E-state index in [2.05, 4.69) is 18.7 Å². The van der Waals surface area contributed by atoms with E-state index >= 15 is 0 Å². The molecule has 0 radical (unpaired) electrons. The Balaban J connectivity index is 1.68. The lowest BCUT2D eigenvalue weighted by Crippen LogP contribution is -2.56. The molecule has 0 aromatic heterocycles. The van der Waals surface area contributed by atoms with Crippen LogP contribution < -0.4 is 5.73 Å². The Morgan fingerprint density at radius 2 is 1.83 bits per heavy atom. The number of hydrogen-bond acceptors (Lipinski definition) is 3. The first-order valence-corrected chi connectivity index (χ1v) is 7.76. The Morgan fingerprint density at radius 1 is 1.17 bits per heavy atom. The van der Waals surface area contributed by atoms with Gasteiger partial charge in [0.15, 0.2) is 0 Å². The van der Waals surface area contributed by atoms with Crippen LogP contribution in [0.5, 0.6) is 0 Å². The van der Waals surface area contributed by atoms with Crippen LogP contribution in [-0.4, -0.2) is 42.8 Å². The van der Waals surface area contributed by atoms with Gasteiger partial charge in [-0.25, -0.2) is 0 Å². The molecule has 2 aliphatic rings. The first-order valence-electron chi connectivity index (χ1n) is 7.76. The van der Waals surface area contributed by atoms with E-state index in [1.54, 1.807) is 0 Å². The van der Waals surface area contributed by atoms with E-state index in [9.17, 15) is 0 Å². The molecule has 2 fully saturated rings. The highest BCUT2D eigenvalue weighted by Crippen LogP contribution is 2.32. The molecule has 2 bridgehead atoms. The Hall–Kier alpha value is -0.120. The smallest absolute Gasteiger partial charge is 0.0593 e. The number of ether oxygens (including phenoxy) is 1. The molecule has 3 nitrogen and oxygen atoms in total. The minimum atomic E-state index is 0.443. The topological polar surface area (TPSA) is 38.5 Å². The number of nitrogens with zero attached hydrogens (tertiary/aromatic N) is 1. The van der Waals surface area contributed by atoms with Gasteiger partial charge in [-0.15, -0.1) is 0 Å². The Kier molecular flexibility index (Phi) is 5.46. The zero-order chi connectivity index (χ0) is 13.0. The van der Waals surface area contributed by atoms with Crippen LogP contribution in [0.4, 0.5) is 0 Å². The van der Waals surface area contributed by atoms with Crippen molar-refractivity contribution in [3.63, 3.8) is 0 Å². The summed E-state index contributed by atoms with van der Waals surface area (Å²) in [4.78, 5) is 2.68. The van der Waals surface area contributed by atoms with Gasteiger partial charge in [-0.3, -0.25) is 4.90 Å². The molecule has 0 amide bonds. The van der Waals surface area contributed by atoms with E-state index in [1.165, 1.54) is 38.5 Å². The van der Waals surface area contributed by atoms with Crippen LogP contribution in [-0.2, 0) is 4.74 Å². The summed E-state index contributed by atoms with van der Waals surface area (Å²) in [6, 6.07) is 1.92. The molecule has 0 aromatic carbocycles. The largest absolute Gasteiger partial charge is 0.380 e. The van der Waals surface area contributed by atoms with E-state index in [-0.39, 0.29) is 0 Å². The van der Waals surface area contributed by atoms with Crippen molar-refractivity contribution in [1.82, 2.24) is 4.90 Å². The highest BCUT2D eigenvalue weighted by Gasteiger charge is 2.36. The van der Waals surface area contributed by atoms with E-state index in [0.717, 1.165) is 37.8 Å². The fourth-order valence-corrected chi connectivity index (χ4v) is 3.48. The number of fused-ring (bicyclic) bond motifs is 2. The van der Waals surface area contributed by atoms with Gasteiger partial charge in [-0.05, 0) is 38.0 Å². The third kappa shape index (κ3) is 3.94. The maximum atomic E-state index is 6.14. The Morgan fingerprint density at radius 3 is 2.44 bits per heavy atom. The maximum absolute atomic E-state index is 6.14. The summed E-state index contributed by atoms with van der Waals surface area (Å²) in [5, 5.41) is 0. The van der Waals surface area contributed by atoms with Crippen LogP contribution in [0.25, 0.3) is 0 Å². The van der Waals surface area contributed by atoms with E-state index in [0.29, 0.717) is 6.04 Å². The molecule has 0 saturated carbocycles. The monoisotopic (exact) mass is 254 g/mol. The lowest BCUT2D eigenvalue weighted by molar-refractivity contribution is 0.00311. The van der Waals surface area contributed by atoms with Gasteiger partial charge in [0.05, 0.1) is 6.61 Å². The summed E-state index contributed by atoms with van der Waals surface area (Å²) in [6.07, 6.45) is 7.65. The second kappa shape index (κ2) is 6.88. The predicted octanol–water partition coefficient (Wildman–Crippen LogP) is 2.39. The lowest BCUT2D eigenvalue weighted by Gasteiger charge is -2.48.